The van der Waals surface area contributed by atoms with Crippen LogP contribution in [0.2, 0.25) is 5.02 Å². The SMILES string of the molecule is N#Cc1c(F)c(Cl)cc(Br)c1N=C=O. The van der Waals surface area contributed by atoms with E-state index in [2.05, 4.69) is 20.9 Å². The number of aliphatic imine (C=N–C) groups is 1. The standard InChI is InChI=1S/C8HBrClFN2O/c9-5-1-6(10)7(11)4(2-12)8(5)13-3-14/h1H. The quantitative estimate of drug-likeness (QED) is 0.449. The number of rotatable bonds is 1. The molecule has 1 aromatic carbocycles. The molecule has 0 spiro atoms. The van der Waals surface area contributed by atoms with E-state index < -0.39 is 5.82 Å². The fourth-order valence-electron chi connectivity index (χ4n) is 0.843. The van der Waals surface area contributed by atoms with Crippen LogP contribution >= 0.6 is 27.5 Å². The number of halogens is 3. The normalized spacial score (nSPS) is 9.00. The second-order valence-corrected chi connectivity index (χ2v) is 3.45. The van der Waals surface area contributed by atoms with Gasteiger partial charge in [-0.25, -0.2) is 9.18 Å². The van der Waals surface area contributed by atoms with Gasteiger partial charge < -0.3 is 0 Å². The fraction of sp³-hybridized carbons (Fsp3) is 0. The largest absolute Gasteiger partial charge is 0.240 e. The van der Waals surface area contributed by atoms with Gasteiger partial charge in [0.25, 0.3) is 0 Å². The molecule has 0 amide bonds. The van der Waals surface area contributed by atoms with Crippen molar-refractivity contribution in [3.63, 3.8) is 0 Å². The molecule has 0 radical (unpaired) electrons. The van der Waals surface area contributed by atoms with Crippen molar-refractivity contribution in [3.05, 3.63) is 26.9 Å². The Morgan fingerprint density at radius 1 is 1.64 bits per heavy atom. The number of benzene rings is 1. The first-order chi connectivity index (χ1) is 6.61. The lowest BCUT2D eigenvalue weighted by Gasteiger charge is -2.02. The van der Waals surface area contributed by atoms with Gasteiger partial charge in [-0.1, -0.05) is 11.6 Å². The van der Waals surface area contributed by atoms with Gasteiger partial charge in [-0.15, -0.1) is 0 Å². The van der Waals surface area contributed by atoms with E-state index in [1.54, 1.807) is 6.07 Å². The van der Waals surface area contributed by atoms with Gasteiger partial charge in [0.2, 0.25) is 6.08 Å². The Hall–Kier alpha value is -1.21. The van der Waals surface area contributed by atoms with Crippen molar-refractivity contribution in [2.45, 2.75) is 0 Å². The van der Waals surface area contributed by atoms with Crippen LogP contribution in [0, 0.1) is 17.1 Å². The molecule has 6 heteroatoms. The Morgan fingerprint density at radius 3 is 2.79 bits per heavy atom. The monoisotopic (exact) mass is 274 g/mol. The molecule has 3 nitrogen and oxygen atoms in total. The summed E-state index contributed by atoms with van der Waals surface area (Å²) in [7, 11) is 0. The second kappa shape index (κ2) is 4.34. The Balaban J connectivity index is 3.65. The first-order valence-electron chi connectivity index (χ1n) is 3.27. The summed E-state index contributed by atoms with van der Waals surface area (Å²) < 4.78 is 13.5. The van der Waals surface area contributed by atoms with Crippen LogP contribution in [0.5, 0.6) is 0 Å². The third kappa shape index (κ3) is 1.83. The average molecular weight is 275 g/mol. The third-order valence-electron chi connectivity index (χ3n) is 1.41. The van der Waals surface area contributed by atoms with Crippen LogP contribution in [0.3, 0.4) is 0 Å². The predicted octanol–water partition coefficient (Wildman–Crippen LogP) is 3.08. The number of nitrogens with zero attached hydrogens (tertiary/aromatic N) is 2. The maximum absolute atomic E-state index is 13.2. The van der Waals surface area contributed by atoms with Crippen molar-refractivity contribution < 1.29 is 9.18 Å². The molecule has 0 aromatic heterocycles. The summed E-state index contributed by atoms with van der Waals surface area (Å²) in [5, 5.41) is 8.41. The van der Waals surface area contributed by atoms with Gasteiger partial charge in [0.1, 0.15) is 17.3 Å². The van der Waals surface area contributed by atoms with Crippen molar-refractivity contribution in [2.75, 3.05) is 0 Å². The highest BCUT2D eigenvalue weighted by Gasteiger charge is 2.15. The molecule has 1 rings (SSSR count). The molecule has 0 saturated carbocycles. The average Bonchev–Trinajstić information content (AvgIpc) is 2.15. The maximum Gasteiger partial charge on any atom is 0.240 e. The molecule has 0 N–H and O–H groups in total. The molecule has 0 aliphatic rings. The molecule has 0 heterocycles. The van der Waals surface area contributed by atoms with Crippen molar-refractivity contribution in [1.82, 2.24) is 0 Å². The smallest absolute Gasteiger partial charge is 0.211 e. The van der Waals surface area contributed by atoms with Gasteiger partial charge >= 0.3 is 0 Å². The van der Waals surface area contributed by atoms with E-state index in [4.69, 9.17) is 16.9 Å². The zero-order chi connectivity index (χ0) is 10.7. The van der Waals surface area contributed by atoms with Crippen molar-refractivity contribution in [3.8, 4) is 6.07 Å². The van der Waals surface area contributed by atoms with Gasteiger partial charge in [0, 0.05) is 4.47 Å². The highest BCUT2D eigenvalue weighted by atomic mass is 79.9. The maximum atomic E-state index is 13.2. The topological polar surface area (TPSA) is 53.2 Å². The minimum atomic E-state index is -0.897. The molecule has 1 aromatic rings. The number of carbonyl (C=O) groups excluding carboxylic acids is 1. The van der Waals surface area contributed by atoms with Crippen LogP contribution in [0.4, 0.5) is 10.1 Å². The highest BCUT2D eigenvalue weighted by Crippen LogP contribution is 2.34. The van der Waals surface area contributed by atoms with Crippen LogP contribution < -0.4 is 0 Å². The molecule has 0 aliphatic carbocycles. The van der Waals surface area contributed by atoms with Gasteiger partial charge in [0.05, 0.1) is 5.02 Å². The van der Waals surface area contributed by atoms with Crippen LogP contribution in [-0.4, -0.2) is 6.08 Å². The van der Waals surface area contributed by atoms with Crippen molar-refractivity contribution in [2.24, 2.45) is 4.99 Å². The van der Waals surface area contributed by atoms with Gasteiger partial charge in [-0.05, 0) is 22.0 Å². The van der Waals surface area contributed by atoms with E-state index in [9.17, 15) is 9.18 Å². The summed E-state index contributed by atoms with van der Waals surface area (Å²) in [5.41, 5.74) is -0.489. The molecule has 0 unspecified atom stereocenters. The molecular weight excluding hydrogens is 274 g/mol. The molecule has 14 heavy (non-hydrogen) atoms. The lowest BCUT2D eigenvalue weighted by Crippen LogP contribution is -1.87. The zero-order valence-corrected chi connectivity index (χ0v) is 8.86. The van der Waals surface area contributed by atoms with E-state index in [1.807, 2.05) is 0 Å². The summed E-state index contributed by atoms with van der Waals surface area (Å²) in [4.78, 5) is 13.2. The molecule has 70 valence electrons. The number of nitriles is 1. The molecule has 0 atom stereocenters. The zero-order valence-electron chi connectivity index (χ0n) is 6.51. The minimum Gasteiger partial charge on any atom is -0.211 e. The van der Waals surface area contributed by atoms with Gasteiger partial charge in [0.15, 0.2) is 5.82 Å². The Labute approximate surface area is 91.9 Å². The van der Waals surface area contributed by atoms with Gasteiger partial charge in [-0.3, -0.25) is 0 Å². The molecule has 0 saturated heterocycles. The Kier molecular flexibility index (Phi) is 3.37. The summed E-state index contributed by atoms with van der Waals surface area (Å²) >= 11 is 8.47. The third-order valence-corrected chi connectivity index (χ3v) is 2.29. The summed E-state index contributed by atoms with van der Waals surface area (Å²) in [5.74, 6) is -0.897. The first-order valence-corrected chi connectivity index (χ1v) is 4.44. The molecule has 0 fully saturated rings. The fourth-order valence-corrected chi connectivity index (χ4v) is 1.69. The summed E-state index contributed by atoms with van der Waals surface area (Å²) in [6.45, 7) is 0. The van der Waals surface area contributed by atoms with E-state index in [-0.39, 0.29) is 20.7 Å². The van der Waals surface area contributed by atoms with E-state index in [0.717, 1.165) is 0 Å². The predicted molar refractivity (Wildman–Crippen MR) is 51.6 cm³/mol. The van der Waals surface area contributed by atoms with Crippen LogP contribution in [0.1, 0.15) is 5.56 Å². The summed E-state index contributed by atoms with van der Waals surface area (Å²) in [6, 6.07) is 2.78. The Morgan fingerprint density at radius 2 is 2.29 bits per heavy atom. The van der Waals surface area contributed by atoms with Crippen molar-refractivity contribution in [1.29, 1.82) is 5.26 Å². The minimum absolute atomic E-state index is 0.107. The second-order valence-electron chi connectivity index (χ2n) is 2.19. The lowest BCUT2D eigenvalue weighted by molar-refractivity contribution is 0.565. The van der Waals surface area contributed by atoms with Crippen molar-refractivity contribution >= 4 is 39.3 Å². The van der Waals surface area contributed by atoms with Crippen LogP contribution in [-0.2, 0) is 4.79 Å². The van der Waals surface area contributed by atoms with Crippen LogP contribution in [0.25, 0.3) is 0 Å². The summed E-state index contributed by atoms with van der Waals surface area (Å²) in [6.07, 6.45) is 1.23. The number of hydrogen-bond acceptors (Lipinski definition) is 3. The van der Waals surface area contributed by atoms with Gasteiger partial charge in [-0.2, -0.15) is 10.3 Å². The van der Waals surface area contributed by atoms with E-state index in [0.29, 0.717) is 0 Å². The molecular formula is C8HBrClFN2O. The number of hydrogen-bond donors (Lipinski definition) is 0. The highest BCUT2D eigenvalue weighted by molar-refractivity contribution is 9.10. The van der Waals surface area contributed by atoms with E-state index >= 15 is 0 Å². The van der Waals surface area contributed by atoms with E-state index in [1.165, 1.54) is 12.1 Å². The number of isocyanates is 1. The Bertz CT molecular complexity index is 477. The lowest BCUT2D eigenvalue weighted by atomic mass is 10.2. The van der Waals surface area contributed by atoms with Crippen LogP contribution in [0.15, 0.2) is 15.5 Å². The molecule has 0 aliphatic heterocycles. The molecule has 0 bridgehead atoms. The first kappa shape index (κ1) is 10.9.